The minimum absolute atomic E-state index is 0.125. The molecule has 19 heavy (non-hydrogen) atoms. The molecular weight excluding hydrogens is 258 g/mol. The second-order valence-corrected chi connectivity index (χ2v) is 5.73. The van der Waals surface area contributed by atoms with E-state index in [1.54, 1.807) is 12.1 Å². The largest absolute Gasteiger partial charge is 0.389 e. The summed E-state index contributed by atoms with van der Waals surface area (Å²) in [5.74, 6) is 1.05. The van der Waals surface area contributed by atoms with Crippen LogP contribution in [0.4, 0.5) is 0 Å². The van der Waals surface area contributed by atoms with Crippen LogP contribution in [-0.2, 0) is 0 Å². The van der Waals surface area contributed by atoms with Crippen molar-refractivity contribution in [2.24, 2.45) is 17.6 Å². The Labute approximate surface area is 118 Å². The van der Waals surface area contributed by atoms with Crippen LogP contribution in [0.1, 0.15) is 42.7 Å². The zero-order chi connectivity index (χ0) is 14.0. The van der Waals surface area contributed by atoms with E-state index in [2.05, 4.69) is 24.1 Å². The molecule has 1 saturated carbocycles. The first-order valence-electron chi connectivity index (χ1n) is 6.55. The summed E-state index contributed by atoms with van der Waals surface area (Å²) in [6.07, 6.45) is 3.75. The maximum Gasteiger partial charge on any atom is 0.270 e. The molecule has 0 aromatic carbocycles. The number of hydrogen-bond donors (Lipinski definition) is 2. The zero-order valence-corrected chi connectivity index (χ0v) is 12.0. The predicted molar refractivity (Wildman–Crippen MR) is 78.9 cm³/mol. The molecule has 1 heterocycles. The summed E-state index contributed by atoms with van der Waals surface area (Å²) >= 11 is 4.85. The van der Waals surface area contributed by atoms with Crippen molar-refractivity contribution in [2.75, 3.05) is 0 Å². The number of amides is 1. The molecule has 0 saturated heterocycles. The second-order valence-electron chi connectivity index (χ2n) is 5.29. The summed E-state index contributed by atoms with van der Waals surface area (Å²) in [6.45, 7) is 4.41. The molecule has 0 spiro atoms. The maximum atomic E-state index is 12.1. The number of nitrogens with zero attached hydrogens (tertiary/aromatic N) is 1. The van der Waals surface area contributed by atoms with Gasteiger partial charge in [-0.15, -0.1) is 0 Å². The Morgan fingerprint density at radius 2 is 2.16 bits per heavy atom. The molecule has 1 aromatic rings. The fourth-order valence-corrected chi connectivity index (χ4v) is 2.61. The normalized spacial score (nSPS) is 26.1. The van der Waals surface area contributed by atoms with Crippen LogP contribution in [0.25, 0.3) is 0 Å². The Hall–Kier alpha value is -1.49. The van der Waals surface area contributed by atoms with Gasteiger partial charge in [-0.25, -0.2) is 0 Å². The summed E-state index contributed by atoms with van der Waals surface area (Å²) in [4.78, 5) is 16.5. The van der Waals surface area contributed by atoms with Crippen LogP contribution in [0.2, 0.25) is 0 Å². The molecule has 2 rings (SSSR count). The fraction of sp³-hybridized carbons (Fsp3) is 0.500. The van der Waals surface area contributed by atoms with E-state index in [4.69, 9.17) is 18.0 Å². The summed E-state index contributed by atoms with van der Waals surface area (Å²) in [5.41, 5.74) is 6.58. The fourth-order valence-electron chi connectivity index (χ4n) is 2.48. The van der Waals surface area contributed by atoms with Crippen molar-refractivity contribution < 1.29 is 4.79 Å². The van der Waals surface area contributed by atoms with Gasteiger partial charge in [-0.1, -0.05) is 26.1 Å². The van der Waals surface area contributed by atoms with Gasteiger partial charge in [0.25, 0.3) is 5.91 Å². The summed E-state index contributed by atoms with van der Waals surface area (Å²) < 4.78 is 0. The van der Waals surface area contributed by atoms with Gasteiger partial charge < -0.3 is 11.1 Å². The number of hydrogen-bond acceptors (Lipinski definition) is 3. The molecule has 3 unspecified atom stereocenters. The monoisotopic (exact) mass is 277 g/mol. The Bertz CT molecular complexity index is 486. The molecule has 1 aliphatic rings. The molecule has 0 radical (unpaired) electrons. The van der Waals surface area contributed by atoms with Gasteiger partial charge >= 0.3 is 0 Å². The van der Waals surface area contributed by atoms with Gasteiger partial charge in [0, 0.05) is 17.8 Å². The second kappa shape index (κ2) is 5.65. The highest BCUT2D eigenvalue weighted by Crippen LogP contribution is 2.31. The van der Waals surface area contributed by atoms with Crippen LogP contribution in [0.5, 0.6) is 0 Å². The van der Waals surface area contributed by atoms with Crippen molar-refractivity contribution in [3.8, 4) is 0 Å². The van der Waals surface area contributed by atoms with Crippen molar-refractivity contribution in [3.05, 3.63) is 29.6 Å². The number of nitrogens with one attached hydrogen (secondary N) is 1. The van der Waals surface area contributed by atoms with Gasteiger partial charge in [-0.05, 0) is 36.8 Å². The number of carbonyl (C=O) groups is 1. The first-order valence-corrected chi connectivity index (χ1v) is 6.96. The third kappa shape index (κ3) is 3.10. The van der Waals surface area contributed by atoms with Crippen LogP contribution in [0.15, 0.2) is 18.3 Å². The van der Waals surface area contributed by atoms with E-state index in [1.165, 1.54) is 12.6 Å². The molecule has 3 atom stereocenters. The smallest absolute Gasteiger partial charge is 0.270 e. The Morgan fingerprint density at radius 1 is 1.42 bits per heavy atom. The van der Waals surface area contributed by atoms with Gasteiger partial charge in [0.05, 0.1) is 0 Å². The molecule has 1 amide bonds. The third-order valence-corrected chi connectivity index (χ3v) is 4.30. The Morgan fingerprint density at radius 3 is 2.63 bits per heavy atom. The average molecular weight is 277 g/mol. The van der Waals surface area contributed by atoms with Crippen molar-refractivity contribution in [1.82, 2.24) is 10.3 Å². The molecule has 3 N–H and O–H groups in total. The van der Waals surface area contributed by atoms with E-state index in [9.17, 15) is 4.79 Å². The van der Waals surface area contributed by atoms with E-state index in [0.717, 1.165) is 6.42 Å². The third-order valence-electron chi connectivity index (χ3n) is 4.06. The lowest BCUT2D eigenvalue weighted by Gasteiger charge is -2.19. The topological polar surface area (TPSA) is 68.0 Å². The molecule has 102 valence electrons. The van der Waals surface area contributed by atoms with Gasteiger partial charge in [0.15, 0.2) is 0 Å². The van der Waals surface area contributed by atoms with Crippen LogP contribution < -0.4 is 11.1 Å². The Balaban J connectivity index is 2.02. The molecule has 0 aliphatic heterocycles. The molecule has 5 heteroatoms. The lowest BCUT2D eigenvalue weighted by atomic mass is 9.98. The van der Waals surface area contributed by atoms with E-state index in [0.29, 0.717) is 23.1 Å². The molecule has 1 aromatic heterocycles. The standard InChI is InChI=1S/C14H19N3OS/c1-8-3-5-11(9(8)2)17-14(18)12-6-4-10(7-16-12)13(15)19/h4,6-9,11H,3,5H2,1-2H3,(H2,15,19)(H,17,18). The van der Waals surface area contributed by atoms with Crippen molar-refractivity contribution in [1.29, 1.82) is 0 Å². The zero-order valence-electron chi connectivity index (χ0n) is 11.2. The number of aromatic nitrogens is 1. The predicted octanol–water partition coefficient (Wildman–Crippen LogP) is 1.88. The number of rotatable bonds is 3. The molecule has 1 aliphatic carbocycles. The van der Waals surface area contributed by atoms with Crippen LogP contribution >= 0.6 is 12.2 Å². The van der Waals surface area contributed by atoms with E-state index in [1.807, 2.05) is 0 Å². The summed E-state index contributed by atoms with van der Waals surface area (Å²) in [5, 5.41) is 3.06. The summed E-state index contributed by atoms with van der Waals surface area (Å²) in [6, 6.07) is 3.64. The van der Waals surface area contributed by atoms with Crippen molar-refractivity contribution in [3.63, 3.8) is 0 Å². The van der Waals surface area contributed by atoms with Gasteiger partial charge in [0.2, 0.25) is 0 Å². The highest BCUT2D eigenvalue weighted by atomic mass is 32.1. The number of pyridine rings is 1. The maximum absolute atomic E-state index is 12.1. The van der Waals surface area contributed by atoms with Crippen molar-refractivity contribution in [2.45, 2.75) is 32.7 Å². The lowest BCUT2D eigenvalue weighted by Crippen LogP contribution is -2.37. The van der Waals surface area contributed by atoms with Crippen LogP contribution in [-0.4, -0.2) is 21.9 Å². The molecule has 0 bridgehead atoms. The molecule has 1 fully saturated rings. The van der Waals surface area contributed by atoms with Gasteiger partial charge in [-0.3, -0.25) is 9.78 Å². The highest BCUT2D eigenvalue weighted by molar-refractivity contribution is 7.80. The average Bonchev–Trinajstić information content (AvgIpc) is 2.71. The van der Waals surface area contributed by atoms with E-state index >= 15 is 0 Å². The highest BCUT2D eigenvalue weighted by Gasteiger charge is 2.31. The van der Waals surface area contributed by atoms with Crippen LogP contribution in [0.3, 0.4) is 0 Å². The lowest BCUT2D eigenvalue weighted by molar-refractivity contribution is 0.0922. The molecule has 4 nitrogen and oxygen atoms in total. The number of thiocarbonyl (C=S) groups is 1. The minimum Gasteiger partial charge on any atom is -0.389 e. The van der Waals surface area contributed by atoms with Gasteiger partial charge in [0.1, 0.15) is 10.7 Å². The van der Waals surface area contributed by atoms with E-state index in [-0.39, 0.29) is 16.9 Å². The Kier molecular flexibility index (Phi) is 4.14. The number of carbonyl (C=O) groups excluding carboxylic acids is 1. The molecular formula is C14H19N3OS. The van der Waals surface area contributed by atoms with Crippen LogP contribution in [0, 0.1) is 11.8 Å². The van der Waals surface area contributed by atoms with Gasteiger partial charge in [-0.2, -0.15) is 0 Å². The first kappa shape index (κ1) is 13.9. The quantitative estimate of drug-likeness (QED) is 0.828. The number of nitrogens with two attached hydrogens (primary N) is 1. The SMILES string of the molecule is CC1CCC(NC(=O)c2ccc(C(N)=S)cn2)C1C. The van der Waals surface area contributed by atoms with Crippen molar-refractivity contribution >= 4 is 23.1 Å². The van der Waals surface area contributed by atoms with E-state index < -0.39 is 0 Å². The summed E-state index contributed by atoms with van der Waals surface area (Å²) in [7, 11) is 0. The first-order chi connectivity index (χ1) is 8.99. The minimum atomic E-state index is -0.125.